The molecular weight excluding hydrogens is 313 g/mol. The predicted octanol–water partition coefficient (Wildman–Crippen LogP) is 2.69. The molecule has 0 unspecified atom stereocenters. The number of amides is 1. The zero-order valence-corrected chi connectivity index (χ0v) is 12.3. The number of ether oxygens (including phenoxy) is 1. The lowest BCUT2D eigenvalue weighted by atomic mass is 10.2. The fourth-order valence-electron chi connectivity index (χ4n) is 1.65. The summed E-state index contributed by atoms with van der Waals surface area (Å²) in [5.41, 5.74) is 0.339. The van der Waals surface area contributed by atoms with Crippen LogP contribution in [0.25, 0.3) is 0 Å². The smallest absolute Gasteiger partial charge is 0.406 e. The summed E-state index contributed by atoms with van der Waals surface area (Å²) in [4.78, 5) is 21.8. The lowest BCUT2D eigenvalue weighted by molar-refractivity contribution is -0.274. The van der Waals surface area contributed by atoms with Crippen molar-refractivity contribution in [1.82, 2.24) is 9.97 Å². The summed E-state index contributed by atoms with van der Waals surface area (Å²) < 4.78 is 40.3. The number of nitrogens with one attached hydrogen (secondary N) is 1. The summed E-state index contributed by atoms with van der Waals surface area (Å²) in [5, 5.41) is 2.50. The van der Waals surface area contributed by atoms with Crippen LogP contribution in [0.4, 0.5) is 24.8 Å². The van der Waals surface area contributed by atoms with Crippen LogP contribution in [-0.4, -0.2) is 36.3 Å². The lowest BCUT2D eigenvalue weighted by Gasteiger charge is -2.11. The number of carbonyl (C=O) groups excluding carboxylic acids is 1. The Kier molecular flexibility index (Phi) is 4.68. The van der Waals surface area contributed by atoms with Gasteiger partial charge in [-0.1, -0.05) is 6.07 Å². The van der Waals surface area contributed by atoms with Gasteiger partial charge < -0.3 is 15.0 Å². The van der Waals surface area contributed by atoms with Crippen molar-refractivity contribution in [3.63, 3.8) is 0 Å². The van der Waals surface area contributed by atoms with Crippen LogP contribution in [-0.2, 0) is 0 Å². The zero-order valence-electron chi connectivity index (χ0n) is 12.3. The molecule has 0 fully saturated rings. The second kappa shape index (κ2) is 6.51. The molecule has 1 amide bonds. The summed E-state index contributed by atoms with van der Waals surface area (Å²) in [6.07, 6.45) is -2.02. The number of benzene rings is 1. The van der Waals surface area contributed by atoms with Gasteiger partial charge in [0.1, 0.15) is 5.75 Å². The van der Waals surface area contributed by atoms with Crippen molar-refractivity contribution in [2.75, 3.05) is 24.3 Å². The van der Waals surface area contributed by atoms with Crippen LogP contribution in [0.2, 0.25) is 0 Å². The quantitative estimate of drug-likeness (QED) is 0.936. The molecule has 122 valence electrons. The van der Waals surface area contributed by atoms with Gasteiger partial charge in [0.15, 0.2) is 0 Å². The minimum absolute atomic E-state index is 0.0171. The Morgan fingerprint density at radius 2 is 1.87 bits per heavy atom. The van der Waals surface area contributed by atoms with Crippen LogP contribution in [0.1, 0.15) is 10.4 Å². The summed E-state index contributed by atoms with van der Waals surface area (Å²) in [5.74, 6) is -0.605. The molecule has 1 aromatic carbocycles. The van der Waals surface area contributed by atoms with E-state index in [4.69, 9.17) is 0 Å². The van der Waals surface area contributed by atoms with E-state index in [-0.39, 0.29) is 5.56 Å². The highest BCUT2D eigenvalue weighted by Crippen LogP contribution is 2.23. The third-order valence-electron chi connectivity index (χ3n) is 2.63. The first-order valence-corrected chi connectivity index (χ1v) is 6.41. The summed E-state index contributed by atoms with van der Waals surface area (Å²) in [6.45, 7) is 0. The molecule has 0 saturated heterocycles. The van der Waals surface area contributed by atoms with Gasteiger partial charge in [-0.3, -0.25) is 4.79 Å². The Hall–Kier alpha value is -2.84. The van der Waals surface area contributed by atoms with Crippen LogP contribution in [0.5, 0.6) is 5.75 Å². The minimum atomic E-state index is -4.81. The van der Waals surface area contributed by atoms with E-state index in [0.717, 1.165) is 12.1 Å². The van der Waals surface area contributed by atoms with Crippen molar-refractivity contribution in [1.29, 1.82) is 0 Å². The standard InChI is InChI=1S/C14H13F3N4O2/c1-21(2)13-18-7-10(8-19-13)20-12(22)9-4-3-5-11(6-9)23-14(15,16)17/h3-8H,1-2H3,(H,20,22). The summed E-state index contributed by atoms with van der Waals surface area (Å²) in [7, 11) is 3.53. The molecule has 1 aromatic heterocycles. The van der Waals surface area contributed by atoms with Gasteiger partial charge in [-0.25, -0.2) is 9.97 Å². The highest BCUT2D eigenvalue weighted by atomic mass is 19.4. The molecule has 2 aromatic rings. The maximum Gasteiger partial charge on any atom is 0.573 e. The topological polar surface area (TPSA) is 67.4 Å². The van der Waals surface area contributed by atoms with Gasteiger partial charge in [-0.15, -0.1) is 13.2 Å². The van der Waals surface area contributed by atoms with E-state index in [1.807, 2.05) is 0 Å². The predicted molar refractivity (Wildman–Crippen MR) is 77.4 cm³/mol. The van der Waals surface area contributed by atoms with Crippen LogP contribution < -0.4 is 15.0 Å². The second-order valence-electron chi connectivity index (χ2n) is 4.70. The Bertz CT molecular complexity index is 687. The van der Waals surface area contributed by atoms with E-state index in [2.05, 4.69) is 20.0 Å². The molecule has 2 rings (SSSR count). The number of aromatic nitrogens is 2. The molecule has 1 N–H and O–H groups in total. The zero-order chi connectivity index (χ0) is 17.0. The average molecular weight is 326 g/mol. The van der Waals surface area contributed by atoms with Gasteiger partial charge in [-0.2, -0.15) is 0 Å². The number of hydrogen-bond donors (Lipinski definition) is 1. The van der Waals surface area contributed by atoms with Crippen LogP contribution >= 0.6 is 0 Å². The van der Waals surface area contributed by atoms with Crippen LogP contribution in [0.3, 0.4) is 0 Å². The maximum absolute atomic E-state index is 12.2. The normalized spacial score (nSPS) is 11.0. The second-order valence-corrected chi connectivity index (χ2v) is 4.70. The van der Waals surface area contributed by atoms with E-state index < -0.39 is 18.0 Å². The Morgan fingerprint density at radius 3 is 2.43 bits per heavy atom. The Morgan fingerprint density at radius 1 is 1.22 bits per heavy atom. The van der Waals surface area contributed by atoms with Crippen molar-refractivity contribution in [2.45, 2.75) is 6.36 Å². The SMILES string of the molecule is CN(C)c1ncc(NC(=O)c2cccc(OC(F)(F)F)c2)cn1. The fraction of sp³-hybridized carbons (Fsp3) is 0.214. The van der Waals surface area contributed by atoms with Crippen LogP contribution in [0.15, 0.2) is 36.7 Å². The maximum atomic E-state index is 12.2. The molecule has 0 aliphatic carbocycles. The van der Waals surface area contributed by atoms with Gasteiger partial charge in [0.25, 0.3) is 5.91 Å². The number of alkyl halides is 3. The number of carbonyl (C=O) groups is 1. The monoisotopic (exact) mass is 326 g/mol. The van der Waals surface area contributed by atoms with Gasteiger partial charge in [0.05, 0.1) is 18.1 Å². The summed E-state index contributed by atoms with van der Waals surface area (Å²) >= 11 is 0. The van der Waals surface area contributed by atoms with Crippen molar-refractivity contribution in [3.05, 3.63) is 42.2 Å². The largest absolute Gasteiger partial charge is 0.573 e. The molecule has 0 saturated carbocycles. The van der Waals surface area contributed by atoms with E-state index in [1.165, 1.54) is 24.5 Å². The number of anilines is 2. The highest BCUT2D eigenvalue weighted by Gasteiger charge is 2.31. The number of halogens is 3. The van der Waals surface area contributed by atoms with Gasteiger partial charge in [0, 0.05) is 19.7 Å². The summed E-state index contributed by atoms with van der Waals surface area (Å²) in [6, 6.07) is 4.77. The number of nitrogens with zero attached hydrogens (tertiary/aromatic N) is 3. The van der Waals surface area contributed by atoms with Gasteiger partial charge in [-0.05, 0) is 18.2 Å². The first-order valence-electron chi connectivity index (χ1n) is 6.41. The Labute approximate surface area is 129 Å². The van der Waals surface area contributed by atoms with E-state index in [0.29, 0.717) is 11.6 Å². The molecule has 0 atom stereocenters. The molecule has 0 radical (unpaired) electrons. The molecule has 1 heterocycles. The average Bonchev–Trinajstić information content (AvgIpc) is 2.46. The molecule has 0 aliphatic rings. The highest BCUT2D eigenvalue weighted by molar-refractivity contribution is 6.04. The number of rotatable bonds is 4. The van der Waals surface area contributed by atoms with Gasteiger partial charge >= 0.3 is 6.36 Å². The molecular formula is C14H13F3N4O2. The molecule has 0 spiro atoms. The Balaban J connectivity index is 2.10. The molecule has 0 bridgehead atoms. The van der Waals surface area contributed by atoms with Crippen LogP contribution in [0, 0.1) is 0 Å². The van der Waals surface area contributed by atoms with Crippen molar-refractivity contribution >= 4 is 17.5 Å². The minimum Gasteiger partial charge on any atom is -0.406 e. The molecule has 6 nitrogen and oxygen atoms in total. The molecule has 9 heteroatoms. The molecule has 0 aliphatic heterocycles. The van der Waals surface area contributed by atoms with Crippen molar-refractivity contribution in [2.24, 2.45) is 0 Å². The first-order chi connectivity index (χ1) is 10.7. The van der Waals surface area contributed by atoms with E-state index in [9.17, 15) is 18.0 Å². The first kappa shape index (κ1) is 16.5. The number of hydrogen-bond acceptors (Lipinski definition) is 5. The fourth-order valence-corrected chi connectivity index (χ4v) is 1.65. The third-order valence-corrected chi connectivity index (χ3v) is 2.63. The molecule has 23 heavy (non-hydrogen) atoms. The van der Waals surface area contributed by atoms with E-state index >= 15 is 0 Å². The van der Waals surface area contributed by atoms with E-state index in [1.54, 1.807) is 19.0 Å². The van der Waals surface area contributed by atoms with Gasteiger partial charge in [0.2, 0.25) is 5.95 Å². The van der Waals surface area contributed by atoms with Crippen molar-refractivity contribution < 1.29 is 22.7 Å². The lowest BCUT2D eigenvalue weighted by Crippen LogP contribution is -2.18. The van der Waals surface area contributed by atoms with Crippen molar-refractivity contribution in [3.8, 4) is 5.75 Å². The third kappa shape index (κ3) is 4.83.